The first-order valence-electron chi connectivity index (χ1n) is 7.17. The van der Waals surface area contributed by atoms with Gasteiger partial charge in [-0.15, -0.1) is 0 Å². The van der Waals surface area contributed by atoms with E-state index in [4.69, 9.17) is 22.1 Å². The number of H-pyrrole nitrogens is 1. The molecule has 1 heterocycles. The molecule has 0 amide bonds. The molecule has 5 nitrogen and oxygen atoms in total. The Hall–Kier alpha value is -0.980. The highest BCUT2D eigenvalue weighted by molar-refractivity contribution is 7.71. The van der Waals surface area contributed by atoms with Gasteiger partial charge in [0, 0.05) is 11.3 Å². The number of rotatable bonds is 5. The third-order valence-corrected chi connectivity index (χ3v) is 4.25. The molecule has 0 aromatic carbocycles. The fourth-order valence-corrected chi connectivity index (χ4v) is 3.18. The number of aliphatic hydroxyl groups excluding tert-OH is 1. The first-order valence-corrected chi connectivity index (χ1v) is 7.58. The summed E-state index contributed by atoms with van der Waals surface area (Å²) < 4.78 is 7.67. The summed E-state index contributed by atoms with van der Waals surface area (Å²) in [5, 5.41) is 8.81. The minimum Gasteiger partial charge on any atom is -0.394 e. The molecule has 1 saturated carbocycles. The van der Waals surface area contributed by atoms with Crippen molar-refractivity contribution in [3.05, 3.63) is 26.4 Å². The molecule has 0 unspecified atom stereocenters. The molecule has 1 aromatic heterocycles. The monoisotopic (exact) mass is 298 g/mol. The first-order chi connectivity index (χ1) is 9.65. The van der Waals surface area contributed by atoms with Crippen LogP contribution in [0, 0.1) is 11.7 Å². The molecule has 1 aliphatic rings. The molecule has 6 heteroatoms. The standard InChI is InChI=1S/C14H22N2O3S/c1-10-12(11-5-3-2-4-6-11)16(9-19-8-7-17)14(20)15-13(10)18/h11,17H,2-9H2,1H3,(H,15,18,20). The fraction of sp³-hybridized carbons (Fsp3) is 0.714. The minimum absolute atomic E-state index is 0.0194. The van der Waals surface area contributed by atoms with Gasteiger partial charge in [-0.1, -0.05) is 19.3 Å². The van der Waals surface area contributed by atoms with E-state index in [0.717, 1.165) is 24.1 Å². The molecule has 0 radical (unpaired) electrons. The van der Waals surface area contributed by atoms with E-state index in [2.05, 4.69) is 4.98 Å². The van der Waals surface area contributed by atoms with Crippen molar-refractivity contribution in [2.24, 2.45) is 0 Å². The Bertz CT molecular complexity index is 559. The Morgan fingerprint density at radius 1 is 1.40 bits per heavy atom. The van der Waals surface area contributed by atoms with E-state index in [1.54, 1.807) is 0 Å². The predicted octanol–water partition coefficient (Wildman–Crippen LogP) is 2.23. The quantitative estimate of drug-likeness (QED) is 0.646. The van der Waals surface area contributed by atoms with Crippen molar-refractivity contribution in [1.82, 2.24) is 9.55 Å². The van der Waals surface area contributed by atoms with Crippen LogP contribution in [0.5, 0.6) is 0 Å². The zero-order chi connectivity index (χ0) is 14.5. The second-order valence-electron chi connectivity index (χ2n) is 5.29. The van der Waals surface area contributed by atoms with E-state index < -0.39 is 0 Å². The Balaban J connectivity index is 2.39. The first kappa shape index (κ1) is 15.4. The van der Waals surface area contributed by atoms with Crippen LogP contribution in [0.4, 0.5) is 0 Å². The van der Waals surface area contributed by atoms with Gasteiger partial charge in [0.25, 0.3) is 5.56 Å². The molecule has 2 N–H and O–H groups in total. The lowest BCUT2D eigenvalue weighted by Crippen LogP contribution is -2.25. The summed E-state index contributed by atoms with van der Waals surface area (Å²) in [7, 11) is 0. The van der Waals surface area contributed by atoms with Gasteiger partial charge in [-0.3, -0.25) is 14.3 Å². The molecule has 0 aliphatic heterocycles. The van der Waals surface area contributed by atoms with Crippen LogP contribution in [0.25, 0.3) is 0 Å². The Kier molecular flexibility index (Phi) is 5.51. The van der Waals surface area contributed by atoms with Gasteiger partial charge in [0.05, 0.1) is 13.2 Å². The van der Waals surface area contributed by atoms with E-state index in [1.807, 2.05) is 11.5 Å². The zero-order valence-corrected chi connectivity index (χ0v) is 12.7. The summed E-state index contributed by atoms with van der Waals surface area (Å²) in [4.78, 5) is 14.7. The molecule has 0 bridgehead atoms. The zero-order valence-electron chi connectivity index (χ0n) is 11.9. The van der Waals surface area contributed by atoms with Gasteiger partial charge in [-0.05, 0) is 37.9 Å². The Morgan fingerprint density at radius 3 is 2.75 bits per heavy atom. The van der Waals surface area contributed by atoms with Gasteiger partial charge in [0.2, 0.25) is 0 Å². The van der Waals surface area contributed by atoms with Crippen molar-refractivity contribution < 1.29 is 9.84 Å². The number of aliphatic hydroxyl groups is 1. The van der Waals surface area contributed by atoms with Crippen LogP contribution in [0.3, 0.4) is 0 Å². The van der Waals surface area contributed by atoms with Gasteiger partial charge in [-0.25, -0.2) is 0 Å². The van der Waals surface area contributed by atoms with Crippen molar-refractivity contribution in [3.63, 3.8) is 0 Å². The van der Waals surface area contributed by atoms with Crippen LogP contribution in [0.1, 0.15) is 49.3 Å². The lowest BCUT2D eigenvalue weighted by molar-refractivity contribution is 0.0441. The van der Waals surface area contributed by atoms with Crippen LogP contribution < -0.4 is 5.56 Å². The maximum atomic E-state index is 12.0. The molecule has 1 fully saturated rings. The van der Waals surface area contributed by atoms with E-state index >= 15 is 0 Å². The minimum atomic E-state index is -0.103. The van der Waals surface area contributed by atoms with Crippen molar-refractivity contribution in [2.45, 2.75) is 51.7 Å². The van der Waals surface area contributed by atoms with Gasteiger partial charge in [0.15, 0.2) is 4.77 Å². The average Bonchev–Trinajstić information content (AvgIpc) is 2.45. The van der Waals surface area contributed by atoms with Crippen molar-refractivity contribution in [2.75, 3.05) is 13.2 Å². The average molecular weight is 298 g/mol. The molecule has 0 atom stereocenters. The normalized spacial score (nSPS) is 16.5. The van der Waals surface area contributed by atoms with Crippen LogP contribution in [0.15, 0.2) is 4.79 Å². The van der Waals surface area contributed by atoms with Crippen LogP contribution in [-0.4, -0.2) is 27.9 Å². The topological polar surface area (TPSA) is 67.2 Å². The second-order valence-corrected chi connectivity index (χ2v) is 5.68. The number of nitrogens with one attached hydrogen (secondary N) is 1. The molecule has 1 aromatic rings. The highest BCUT2D eigenvalue weighted by atomic mass is 32.1. The van der Waals surface area contributed by atoms with E-state index in [9.17, 15) is 4.79 Å². The smallest absolute Gasteiger partial charge is 0.254 e. The van der Waals surface area contributed by atoms with E-state index in [1.165, 1.54) is 19.3 Å². The molecule has 20 heavy (non-hydrogen) atoms. The van der Waals surface area contributed by atoms with Crippen LogP contribution in [0.2, 0.25) is 0 Å². The largest absolute Gasteiger partial charge is 0.394 e. The molecular weight excluding hydrogens is 276 g/mol. The number of hydrogen-bond donors (Lipinski definition) is 2. The predicted molar refractivity (Wildman–Crippen MR) is 79.5 cm³/mol. The number of ether oxygens (including phenoxy) is 1. The number of aromatic nitrogens is 2. The number of aromatic amines is 1. The highest BCUT2D eigenvalue weighted by Gasteiger charge is 2.22. The molecule has 0 saturated heterocycles. The molecule has 112 valence electrons. The summed E-state index contributed by atoms with van der Waals surface area (Å²) >= 11 is 5.27. The van der Waals surface area contributed by atoms with Crippen LogP contribution >= 0.6 is 12.2 Å². The maximum absolute atomic E-state index is 12.0. The van der Waals surface area contributed by atoms with E-state index in [-0.39, 0.29) is 25.5 Å². The van der Waals surface area contributed by atoms with Crippen molar-refractivity contribution in [1.29, 1.82) is 0 Å². The summed E-state index contributed by atoms with van der Waals surface area (Å²) in [5.41, 5.74) is 1.64. The molecular formula is C14H22N2O3S. The van der Waals surface area contributed by atoms with Crippen molar-refractivity contribution >= 4 is 12.2 Å². The lowest BCUT2D eigenvalue weighted by Gasteiger charge is -2.26. The van der Waals surface area contributed by atoms with Crippen LogP contribution in [-0.2, 0) is 11.5 Å². The molecule has 2 rings (SSSR count). The van der Waals surface area contributed by atoms with Crippen molar-refractivity contribution in [3.8, 4) is 0 Å². The molecule has 1 aliphatic carbocycles. The van der Waals surface area contributed by atoms with Gasteiger partial charge >= 0.3 is 0 Å². The highest BCUT2D eigenvalue weighted by Crippen LogP contribution is 2.33. The number of hydrogen-bond acceptors (Lipinski definition) is 4. The Morgan fingerprint density at radius 2 is 2.10 bits per heavy atom. The van der Waals surface area contributed by atoms with E-state index in [0.29, 0.717) is 10.7 Å². The van der Waals surface area contributed by atoms with Gasteiger partial charge in [0.1, 0.15) is 6.73 Å². The SMILES string of the molecule is Cc1c(C2CCCCC2)n(COCCO)c(=S)[nH]c1=O. The summed E-state index contributed by atoms with van der Waals surface area (Å²) in [6.07, 6.45) is 5.85. The summed E-state index contributed by atoms with van der Waals surface area (Å²) in [5.74, 6) is 0.380. The molecule has 0 spiro atoms. The third-order valence-electron chi connectivity index (χ3n) is 3.93. The summed E-state index contributed by atoms with van der Waals surface area (Å²) in [6, 6.07) is 0. The second kappa shape index (κ2) is 7.15. The third kappa shape index (κ3) is 3.37. The number of nitrogens with zero attached hydrogens (tertiary/aromatic N) is 1. The Labute approximate surface area is 123 Å². The van der Waals surface area contributed by atoms with Gasteiger partial charge in [-0.2, -0.15) is 0 Å². The fourth-order valence-electron chi connectivity index (χ4n) is 2.94. The lowest BCUT2D eigenvalue weighted by atomic mass is 9.85. The van der Waals surface area contributed by atoms with Gasteiger partial charge < -0.3 is 9.84 Å². The maximum Gasteiger partial charge on any atom is 0.254 e. The summed E-state index contributed by atoms with van der Waals surface area (Å²) in [6.45, 7) is 2.38.